The monoisotopic (exact) mass is 488 g/mol. The fourth-order valence-electron chi connectivity index (χ4n) is 5.25. The molecule has 2 aromatic heterocycles. The fraction of sp³-hybridized carbons (Fsp3) is 0.481. The summed E-state index contributed by atoms with van der Waals surface area (Å²) in [5, 5.41) is 4.29. The maximum absolute atomic E-state index is 12.7. The molecular weight excluding hydrogens is 456 g/mol. The number of nitrogens with one attached hydrogen (secondary N) is 1. The molecule has 1 N–H and O–H groups in total. The Balaban J connectivity index is 1.47. The van der Waals surface area contributed by atoms with Crippen LogP contribution in [0.3, 0.4) is 0 Å². The summed E-state index contributed by atoms with van der Waals surface area (Å²) in [5.41, 5.74) is 4.00. The molecular formula is C27H32N6O3. The molecule has 0 bridgehead atoms. The Morgan fingerprint density at radius 3 is 2.50 bits per heavy atom. The van der Waals surface area contributed by atoms with E-state index in [0.29, 0.717) is 44.4 Å². The highest BCUT2D eigenvalue weighted by atomic mass is 16.5. The van der Waals surface area contributed by atoms with E-state index in [1.54, 1.807) is 0 Å². The van der Waals surface area contributed by atoms with Gasteiger partial charge < -0.3 is 24.6 Å². The lowest BCUT2D eigenvalue weighted by Crippen LogP contribution is -2.46. The molecule has 2 fully saturated rings. The van der Waals surface area contributed by atoms with Crippen molar-refractivity contribution >= 4 is 34.3 Å². The van der Waals surface area contributed by atoms with Gasteiger partial charge in [-0.15, -0.1) is 0 Å². The SMILES string of the molecule is C[C@H]1COCCN1c1nc(N2CCOC[C@@H]2C)c2ccc(-c3ccc4c(c3)C(=O)CCCN4)nc2n1. The van der Waals surface area contributed by atoms with Gasteiger partial charge in [0.05, 0.1) is 49.6 Å². The highest BCUT2D eigenvalue weighted by Crippen LogP contribution is 2.32. The van der Waals surface area contributed by atoms with E-state index >= 15 is 0 Å². The van der Waals surface area contributed by atoms with Crippen LogP contribution in [-0.2, 0) is 9.47 Å². The zero-order chi connectivity index (χ0) is 24.6. The minimum atomic E-state index is 0.173. The van der Waals surface area contributed by atoms with E-state index in [4.69, 9.17) is 24.4 Å². The Morgan fingerprint density at radius 1 is 0.944 bits per heavy atom. The summed E-state index contributed by atoms with van der Waals surface area (Å²) in [5.74, 6) is 1.75. The maximum Gasteiger partial charge on any atom is 0.229 e. The molecule has 2 saturated heterocycles. The van der Waals surface area contributed by atoms with Crippen LogP contribution in [0, 0.1) is 0 Å². The Bertz CT molecular complexity index is 1300. The lowest BCUT2D eigenvalue weighted by atomic mass is 10.0. The summed E-state index contributed by atoms with van der Waals surface area (Å²) in [6.07, 6.45) is 1.41. The normalized spacial score (nSPS) is 22.8. The largest absolute Gasteiger partial charge is 0.384 e. The van der Waals surface area contributed by atoms with E-state index in [-0.39, 0.29) is 17.9 Å². The average Bonchev–Trinajstić information content (AvgIpc) is 3.09. The van der Waals surface area contributed by atoms with Crippen LogP contribution in [0.1, 0.15) is 37.0 Å². The van der Waals surface area contributed by atoms with Crippen molar-refractivity contribution in [1.82, 2.24) is 15.0 Å². The van der Waals surface area contributed by atoms with Gasteiger partial charge in [0.25, 0.3) is 0 Å². The van der Waals surface area contributed by atoms with Gasteiger partial charge in [0.2, 0.25) is 5.95 Å². The van der Waals surface area contributed by atoms with Crippen molar-refractivity contribution in [2.45, 2.75) is 38.8 Å². The fourth-order valence-corrected chi connectivity index (χ4v) is 5.25. The first-order valence-electron chi connectivity index (χ1n) is 12.9. The van der Waals surface area contributed by atoms with Gasteiger partial charge in [-0.25, -0.2) is 4.98 Å². The summed E-state index contributed by atoms with van der Waals surface area (Å²) in [6.45, 7) is 9.25. The second-order valence-electron chi connectivity index (χ2n) is 9.86. The van der Waals surface area contributed by atoms with E-state index in [1.807, 2.05) is 24.3 Å². The van der Waals surface area contributed by atoms with Gasteiger partial charge in [-0.05, 0) is 44.5 Å². The van der Waals surface area contributed by atoms with Crippen LogP contribution < -0.4 is 15.1 Å². The summed E-state index contributed by atoms with van der Waals surface area (Å²) in [6, 6.07) is 10.4. The van der Waals surface area contributed by atoms with Crippen LogP contribution in [0.5, 0.6) is 0 Å². The highest BCUT2D eigenvalue weighted by Gasteiger charge is 2.27. The number of Topliss-reactive ketones (excluding diaryl/α,β-unsaturated/α-hetero) is 1. The van der Waals surface area contributed by atoms with Crippen molar-refractivity contribution in [3.63, 3.8) is 0 Å². The number of hydrogen-bond acceptors (Lipinski definition) is 9. The van der Waals surface area contributed by atoms with Crippen LogP contribution >= 0.6 is 0 Å². The number of fused-ring (bicyclic) bond motifs is 2. The molecule has 3 aliphatic heterocycles. The quantitative estimate of drug-likeness (QED) is 0.594. The number of ether oxygens (including phenoxy) is 2. The summed E-state index contributed by atoms with van der Waals surface area (Å²) in [7, 11) is 0. The van der Waals surface area contributed by atoms with Crippen molar-refractivity contribution < 1.29 is 14.3 Å². The molecule has 3 aromatic rings. The van der Waals surface area contributed by atoms with Crippen molar-refractivity contribution in [3.8, 4) is 11.3 Å². The molecule has 0 aliphatic carbocycles. The van der Waals surface area contributed by atoms with Gasteiger partial charge in [-0.2, -0.15) is 9.97 Å². The summed E-state index contributed by atoms with van der Waals surface area (Å²) in [4.78, 5) is 32.2. The minimum Gasteiger partial charge on any atom is -0.384 e. The number of aromatic nitrogens is 3. The smallest absolute Gasteiger partial charge is 0.229 e. The first-order chi connectivity index (χ1) is 17.6. The van der Waals surface area contributed by atoms with Gasteiger partial charge in [0, 0.05) is 42.9 Å². The maximum atomic E-state index is 12.7. The molecule has 9 nitrogen and oxygen atoms in total. The van der Waals surface area contributed by atoms with Crippen molar-refractivity contribution in [2.24, 2.45) is 0 Å². The third-order valence-corrected chi connectivity index (χ3v) is 7.30. The third kappa shape index (κ3) is 4.26. The minimum absolute atomic E-state index is 0.173. The molecule has 5 heterocycles. The molecule has 0 saturated carbocycles. The molecule has 1 aromatic carbocycles. The Morgan fingerprint density at radius 2 is 1.72 bits per heavy atom. The molecule has 0 amide bonds. The van der Waals surface area contributed by atoms with Gasteiger partial charge in [0.15, 0.2) is 11.4 Å². The predicted octanol–water partition coefficient (Wildman–Crippen LogP) is 3.53. The van der Waals surface area contributed by atoms with Crippen molar-refractivity contribution in [1.29, 1.82) is 0 Å². The molecule has 188 valence electrons. The van der Waals surface area contributed by atoms with Crippen LogP contribution in [0.4, 0.5) is 17.5 Å². The van der Waals surface area contributed by atoms with Crippen molar-refractivity contribution in [3.05, 3.63) is 35.9 Å². The van der Waals surface area contributed by atoms with E-state index in [2.05, 4.69) is 35.0 Å². The number of ketones is 1. The molecule has 3 aliphatic rings. The van der Waals surface area contributed by atoms with Gasteiger partial charge in [-0.1, -0.05) is 6.07 Å². The Hall–Kier alpha value is -3.30. The number of rotatable bonds is 3. The van der Waals surface area contributed by atoms with E-state index < -0.39 is 0 Å². The predicted molar refractivity (Wildman–Crippen MR) is 140 cm³/mol. The number of hydrogen-bond donors (Lipinski definition) is 1. The lowest BCUT2D eigenvalue weighted by molar-refractivity contribution is 0.0973. The number of carbonyl (C=O) groups is 1. The Kier molecular flexibility index (Phi) is 6.18. The van der Waals surface area contributed by atoms with Crippen LogP contribution in [0.2, 0.25) is 0 Å². The summed E-state index contributed by atoms with van der Waals surface area (Å²) < 4.78 is 11.3. The zero-order valence-corrected chi connectivity index (χ0v) is 20.9. The van der Waals surface area contributed by atoms with Gasteiger partial charge in [-0.3, -0.25) is 4.79 Å². The molecule has 9 heteroatoms. The summed E-state index contributed by atoms with van der Waals surface area (Å²) >= 11 is 0. The van der Waals surface area contributed by atoms with Gasteiger partial charge in [0.1, 0.15) is 5.82 Å². The number of nitrogens with zero attached hydrogens (tertiary/aromatic N) is 5. The Labute approximate surface area is 210 Å². The second-order valence-corrected chi connectivity index (χ2v) is 9.86. The number of carbonyl (C=O) groups excluding carboxylic acids is 1. The van der Waals surface area contributed by atoms with E-state index in [0.717, 1.165) is 59.8 Å². The molecule has 2 atom stereocenters. The number of pyridine rings is 1. The zero-order valence-electron chi connectivity index (χ0n) is 20.9. The number of benzene rings is 1. The van der Waals surface area contributed by atoms with Crippen molar-refractivity contribution in [2.75, 3.05) is 61.2 Å². The van der Waals surface area contributed by atoms with Gasteiger partial charge >= 0.3 is 0 Å². The molecule has 0 radical (unpaired) electrons. The topological polar surface area (TPSA) is 92.7 Å². The molecule has 36 heavy (non-hydrogen) atoms. The molecule has 0 spiro atoms. The first kappa shape index (κ1) is 23.1. The second kappa shape index (κ2) is 9.63. The van der Waals surface area contributed by atoms with E-state index in [9.17, 15) is 4.79 Å². The lowest BCUT2D eigenvalue weighted by Gasteiger charge is -2.37. The van der Waals surface area contributed by atoms with Crippen LogP contribution in [0.15, 0.2) is 30.3 Å². The standard InChI is InChI=1S/C27H32N6O3/c1-17-15-35-12-10-32(17)26-20-6-8-22(19-5-7-23-21(14-19)24(34)4-3-9-28-23)29-25(20)30-27(31-26)33-11-13-36-16-18(33)2/h5-8,14,17-18,28H,3-4,9-13,15-16H2,1-2H3/t17-,18-/m0/s1. The highest BCUT2D eigenvalue weighted by molar-refractivity contribution is 6.03. The van der Waals surface area contributed by atoms with Crippen LogP contribution in [0.25, 0.3) is 22.3 Å². The molecule has 6 rings (SSSR count). The van der Waals surface area contributed by atoms with Crippen LogP contribution in [-0.4, -0.2) is 78.9 Å². The first-order valence-corrected chi connectivity index (χ1v) is 12.9. The average molecular weight is 489 g/mol. The molecule has 0 unspecified atom stereocenters. The third-order valence-electron chi connectivity index (χ3n) is 7.30. The number of morpholine rings is 2. The van der Waals surface area contributed by atoms with E-state index in [1.165, 1.54) is 0 Å². The number of anilines is 3.